The quantitative estimate of drug-likeness (QED) is 0.681. The number of ether oxygens (including phenoxy) is 1. The van der Waals surface area contributed by atoms with Crippen molar-refractivity contribution in [3.8, 4) is 0 Å². The summed E-state index contributed by atoms with van der Waals surface area (Å²) in [5.41, 5.74) is 2.77. The molecule has 7 nitrogen and oxygen atoms in total. The van der Waals surface area contributed by atoms with Crippen LogP contribution in [0.2, 0.25) is 0 Å². The van der Waals surface area contributed by atoms with Crippen LogP contribution < -0.4 is 10.2 Å². The fourth-order valence-corrected chi connectivity index (χ4v) is 3.46. The summed E-state index contributed by atoms with van der Waals surface area (Å²) in [5.74, 6) is -1.23. The lowest BCUT2D eigenvalue weighted by atomic mass is 9.97. The molecule has 0 bridgehead atoms. The predicted octanol–water partition coefficient (Wildman–Crippen LogP) is 2.03. The maximum Gasteiger partial charge on any atom is 0.325 e. The van der Waals surface area contributed by atoms with Crippen molar-refractivity contribution in [2.75, 3.05) is 18.6 Å². The zero-order chi connectivity index (χ0) is 19.7. The highest BCUT2D eigenvalue weighted by atomic mass is 16.5. The molecule has 1 unspecified atom stereocenters. The summed E-state index contributed by atoms with van der Waals surface area (Å²) < 4.78 is 4.71. The Kier molecular flexibility index (Phi) is 4.57. The summed E-state index contributed by atoms with van der Waals surface area (Å²) in [4.78, 5) is 41.9. The number of esters is 1. The molecule has 1 aliphatic rings. The Bertz CT molecular complexity index is 1040. The third-order valence-electron chi connectivity index (χ3n) is 4.87. The van der Waals surface area contributed by atoms with Crippen molar-refractivity contribution in [1.82, 2.24) is 10.3 Å². The number of amides is 2. The van der Waals surface area contributed by atoms with Gasteiger partial charge in [-0.05, 0) is 23.8 Å². The summed E-state index contributed by atoms with van der Waals surface area (Å²) in [6.07, 6.45) is 0.360. The number of aromatic amines is 1. The molecule has 0 spiro atoms. The van der Waals surface area contributed by atoms with Gasteiger partial charge in [0.05, 0.1) is 7.11 Å². The second kappa shape index (κ2) is 7.19. The Morgan fingerprint density at radius 2 is 1.93 bits per heavy atom. The Hall–Kier alpha value is -3.61. The summed E-state index contributed by atoms with van der Waals surface area (Å²) in [7, 11) is 1.28. The monoisotopic (exact) mass is 377 g/mol. The Morgan fingerprint density at radius 1 is 1.18 bits per heavy atom. The van der Waals surface area contributed by atoms with E-state index in [0.717, 1.165) is 16.5 Å². The molecule has 7 heteroatoms. The number of hydrogen-bond donors (Lipinski definition) is 2. The van der Waals surface area contributed by atoms with E-state index in [1.807, 2.05) is 36.4 Å². The molecule has 1 atom stereocenters. The van der Waals surface area contributed by atoms with Gasteiger partial charge < -0.3 is 15.0 Å². The largest absolute Gasteiger partial charge is 0.468 e. The van der Waals surface area contributed by atoms with Crippen molar-refractivity contribution in [1.29, 1.82) is 0 Å². The second-order valence-electron chi connectivity index (χ2n) is 6.63. The van der Waals surface area contributed by atoms with Crippen molar-refractivity contribution in [3.05, 3.63) is 65.9 Å². The van der Waals surface area contributed by atoms with Gasteiger partial charge in [0.25, 0.3) is 5.91 Å². The molecule has 0 aliphatic carbocycles. The van der Waals surface area contributed by atoms with Crippen molar-refractivity contribution in [3.63, 3.8) is 0 Å². The Morgan fingerprint density at radius 3 is 2.71 bits per heavy atom. The van der Waals surface area contributed by atoms with Crippen LogP contribution in [0.25, 0.3) is 10.9 Å². The number of anilines is 1. The highest BCUT2D eigenvalue weighted by Crippen LogP contribution is 2.28. The molecule has 0 radical (unpaired) electrons. The number of nitrogens with one attached hydrogen (secondary N) is 2. The fraction of sp³-hybridized carbons (Fsp3) is 0.190. The van der Waals surface area contributed by atoms with E-state index in [1.165, 1.54) is 12.0 Å². The van der Waals surface area contributed by atoms with E-state index >= 15 is 0 Å². The van der Waals surface area contributed by atoms with Crippen molar-refractivity contribution >= 4 is 34.4 Å². The van der Waals surface area contributed by atoms with Crippen LogP contribution in [0.1, 0.15) is 16.1 Å². The minimum atomic E-state index is -0.765. The molecule has 3 aromatic rings. The van der Waals surface area contributed by atoms with Crippen LogP contribution in [0, 0.1) is 0 Å². The van der Waals surface area contributed by atoms with Crippen molar-refractivity contribution in [2.24, 2.45) is 0 Å². The van der Waals surface area contributed by atoms with Gasteiger partial charge in [-0.1, -0.05) is 36.4 Å². The van der Waals surface area contributed by atoms with Gasteiger partial charge in [0.1, 0.15) is 18.3 Å². The second-order valence-corrected chi connectivity index (χ2v) is 6.63. The van der Waals surface area contributed by atoms with Gasteiger partial charge in [-0.25, -0.2) is 0 Å². The lowest BCUT2D eigenvalue weighted by Gasteiger charge is -2.33. The van der Waals surface area contributed by atoms with E-state index in [0.29, 0.717) is 17.8 Å². The highest BCUT2D eigenvalue weighted by Gasteiger charge is 2.35. The van der Waals surface area contributed by atoms with Crippen LogP contribution in [0.5, 0.6) is 0 Å². The molecular formula is C21H19N3O4. The van der Waals surface area contributed by atoms with Gasteiger partial charge >= 0.3 is 5.97 Å². The average molecular weight is 377 g/mol. The van der Waals surface area contributed by atoms with Crippen LogP contribution in [0.4, 0.5) is 5.69 Å². The molecule has 4 rings (SSSR count). The first-order valence-electron chi connectivity index (χ1n) is 8.91. The first-order chi connectivity index (χ1) is 13.6. The molecule has 1 aliphatic heterocycles. The van der Waals surface area contributed by atoms with Crippen LogP contribution in [-0.4, -0.2) is 42.5 Å². The summed E-state index contributed by atoms with van der Waals surface area (Å²) in [6, 6.07) is 15.9. The van der Waals surface area contributed by atoms with Crippen LogP contribution in [0.3, 0.4) is 0 Å². The Labute approximate surface area is 161 Å². The first-order valence-corrected chi connectivity index (χ1v) is 8.91. The molecule has 0 saturated carbocycles. The van der Waals surface area contributed by atoms with Crippen LogP contribution >= 0.6 is 0 Å². The Balaban J connectivity index is 1.59. The molecular weight excluding hydrogens is 358 g/mol. The number of carbonyl (C=O) groups excluding carboxylic acids is 3. The normalized spacial score (nSPS) is 16.0. The standard InChI is InChI=1S/C21H19N3O4/c1-28-19(25)12-24-18-9-5-3-7-14(18)11-17(21(24)27)23-20(26)16-10-13-6-2-4-8-15(13)22-16/h2-10,17,22H,11-12H2,1H3,(H,23,26). The SMILES string of the molecule is COC(=O)CN1C(=O)C(NC(=O)c2cc3ccccc3[nH]2)Cc2ccccc21. The lowest BCUT2D eigenvalue weighted by molar-refractivity contribution is -0.140. The predicted molar refractivity (Wildman–Crippen MR) is 104 cm³/mol. The van der Waals surface area contributed by atoms with Gasteiger partial charge in [-0.15, -0.1) is 0 Å². The smallest absolute Gasteiger partial charge is 0.325 e. The zero-order valence-electron chi connectivity index (χ0n) is 15.3. The lowest BCUT2D eigenvalue weighted by Crippen LogP contribution is -2.54. The molecule has 2 aromatic carbocycles. The number of rotatable bonds is 4. The van der Waals surface area contributed by atoms with Gasteiger partial charge in [-0.2, -0.15) is 0 Å². The van der Waals surface area contributed by atoms with E-state index in [9.17, 15) is 14.4 Å². The number of para-hydroxylation sites is 2. The van der Waals surface area contributed by atoms with Gasteiger partial charge in [0.15, 0.2) is 0 Å². The number of hydrogen-bond acceptors (Lipinski definition) is 4. The van der Waals surface area contributed by atoms with E-state index in [1.54, 1.807) is 18.2 Å². The van der Waals surface area contributed by atoms with Gasteiger partial charge in [0, 0.05) is 23.0 Å². The summed E-state index contributed by atoms with van der Waals surface area (Å²) in [6.45, 7) is -0.203. The number of nitrogens with zero attached hydrogens (tertiary/aromatic N) is 1. The average Bonchev–Trinajstić information content (AvgIpc) is 3.15. The third kappa shape index (κ3) is 3.22. The van der Waals surface area contributed by atoms with Crippen molar-refractivity contribution in [2.45, 2.75) is 12.5 Å². The fourth-order valence-electron chi connectivity index (χ4n) is 3.46. The molecule has 1 aromatic heterocycles. The number of fused-ring (bicyclic) bond motifs is 2. The first kappa shape index (κ1) is 17.8. The molecule has 0 saturated heterocycles. The molecule has 0 fully saturated rings. The van der Waals surface area contributed by atoms with E-state index in [4.69, 9.17) is 4.74 Å². The molecule has 2 heterocycles. The molecule has 2 amide bonds. The van der Waals surface area contributed by atoms with E-state index in [2.05, 4.69) is 10.3 Å². The minimum absolute atomic E-state index is 0.203. The number of aromatic nitrogens is 1. The minimum Gasteiger partial charge on any atom is -0.468 e. The number of carbonyl (C=O) groups is 3. The maximum absolute atomic E-state index is 13.0. The van der Waals surface area contributed by atoms with Crippen LogP contribution in [-0.2, 0) is 20.7 Å². The summed E-state index contributed by atoms with van der Waals surface area (Å²) >= 11 is 0. The summed E-state index contributed by atoms with van der Waals surface area (Å²) in [5, 5.41) is 3.71. The van der Waals surface area contributed by atoms with Gasteiger partial charge in [0.2, 0.25) is 5.91 Å². The van der Waals surface area contributed by atoms with Gasteiger partial charge in [-0.3, -0.25) is 19.3 Å². The number of H-pyrrole nitrogens is 1. The maximum atomic E-state index is 13.0. The molecule has 28 heavy (non-hydrogen) atoms. The molecule has 2 N–H and O–H groups in total. The number of methoxy groups -OCH3 is 1. The topological polar surface area (TPSA) is 91.5 Å². The van der Waals surface area contributed by atoms with Crippen LogP contribution in [0.15, 0.2) is 54.6 Å². The molecule has 142 valence electrons. The van der Waals surface area contributed by atoms with E-state index < -0.39 is 12.0 Å². The third-order valence-corrected chi connectivity index (χ3v) is 4.87. The highest BCUT2D eigenvalue weighted by molar-refractivity contribution is 6.06. The zero-order valence-corrected chi connectivity index (χ0v) is 15.3. The number of benzene rings is 2. The van der Waals surface area contributed by atoms with E-state index in [-0.39, 0.29) is 18.4 Å². The van der Waals surface area contributed by atoms with Crippen molar-refractivity contribution < 1.29 is 19.1 Å².